The highest BCUT2D eigenvalue weighted by atomic mass is 35.5. The molecule has 0 bridgehead atoms. The number of alkyl halides is 1. The number of hydrogen-bond acceptors (Lipinski definition) is 0. The Bertz CT molecular complexity index is 602. The van der Waals surface area contributed by atoms with Gasteiger partial charge in [-0.2, -0.15) is 0 Å². The lowest BCUT2D eigenvalue weighted by atomic mass is 9.93. The number of halogens is 2. The molecule has 20 heavy (non-hydrogen) atoms. The largest absolute Gasteiger partial charge is 0.113 e. The maximum atomic E-state index is 6.76. The van der Waals surface area contributed by atoms with Crippen LogP contribution in [0, 0.1) is 6.92 Å². The molecule has 106 valence electrons. The quantitative estimate of drug-likeness (QED) is 0.598. The van der Waals surface area contributed by atoms with E-state index in [-0.39, 0.29) is 5.38 Å². The van der Waals surface area contributed by atoms with Crippen LogP contribution in [0.2, 0.25) is 5.02 Å². The molecule has 1 atom stereocenters. The molecule has 0 radical (unpaired) electrons. The number of aryl methyl sites for hydroxylation is 3. The molecule has 2 aromatic carbocycles. The standard InChI is InChI=1S/C18H20Cl2/c1-4-13-7-8-14(5-2)17(10-13)18(20)16-11-15(19)9-6-12(16)3/h6-11,18H,4-5H2,1-3H3. The molecule has 0 aliphatic carbocycles. The fraction of sp³-hybridized carbons (Fsp3) is 0.333. The summed E-state index contributed by atoms with van der Waals surface area (Å²) in [5.41, 5.74) is 6.11. The molecule has 0 amide bonds. The molecular weight excluding hydrogens is 287 g/mol. The molecule has 0 aromatic heterocycles. The van der Waals surface area contributed by atoms with Crippen LogP contribution < -0.4 is 0 Å². The zero-order valence-corrected chi connectivity index (χ0v) is 13.7. The Morgan fingerprint density at radius 1 is 0.950 bits per heavy atom. The zero-order chi connectivity index (χ0) is 14.7. The molecular formula is C18H20Cl2. The van der Waals surface area contributed by atoms with Crippen molar-refractivity contribution < 1.29 is 0 Å². The molecule has 0 fully saturated rings. The van der Waals surface area contributed by atoms with Crippen LogP contribution in [-0.4, -0.2) is 0 Å². The van der Waals surface area contributed by atoms with Crippen LogP contribution >= 0.6 is 23.2 Å². The fourth-order valence-electron chi connectivity index (χ4n) is 2.47. The maximum Gasteiger partial charge on any atom is 0.0841 e. The molecule has 0 saturated heterocycles. The lowest BCUT2D eigenvalue weighted by Gasteiger charge is -2.18. The van der Waals surface area contributed by atoms with Gasteiger partial charge in [0.05, 0.1) is 5.38 Å². The van der Waals surface area contributed by atoms with Crippen LogP contribution in [0.3, 0.4) is 0 Å². The zero-order valence-electron chi connectivity index (χ0n) is 12.2. The summed E-state index contributed by atoms with van der Waals surface area (Å²) in [6.45, 7) is 6.41. The molecule has 0 nitrogen and oxygen atoms in total. The third kappa shape index (κ3) is 3.19. The fourth-order valence-corrected chi connectivity index (χ4v) is 3.09. The van der Waals surface area contributed by atoms with Crippen molar-refractivity contribution in [1.82, 2.24) is 0 Å². The van der Waals surface area contributed by atoms with Crippen LogP contribution in [-0.2, 0) is 12.8 Å². The monoisotopic (exact) mass is 306 g/mol. The van der Waals surface area contributed by atoms with Crippen LogP contribution in [0.1, 0.15) is 47.0 Å². The minimum Gasteiger partial charge on any atom is -0.113 e. The minimum atomic E-state index is -0.143. The van der Waals surface area contributed by atoms with E-state index in [0.29, 0.717) is 0 Å². The molecule has 0 N–H and O–H groups in total. The van der Waals surface area contributed by atoms with Gasteiger partial charge >= 0.3 is 0 Å². The Balaban J connectivity index is 2.51. The Hall–Kier alpha value is -0.980. The van der Waals surface area contributed by atoms with Crippen molar-refractivity contribution in [2.45, 2.75) is 39.0 Å². The Morgan fingerprint density at radius 2 is 1.70 bits per heavy atom. The van der Waals surface area contributed by atoms with Gasteiger partial charge in [0.2, 0.25) is 0 Å². The molecule has 2 heteroatoms. The van der Waals surface area contributed by atoms with E-state index in [9.17, 15) is 0 Å². The first kappa shape index (κ1) is 15.4. The Kier molecular flexibility index (Phi) is 5.12. The van der Waals surface area contributed by atoms with E-state index in [2.05, 4.69) is 39.0 Å². The van der Waals surface area contributed by atoms with Crippen molar-refractivity contribution in [1.29, 1.82) is 0 Å². The van der Waals surface area contributed by atoms with Gasteiger partial charge in [0.25, 0.3) is 0 Å². The van der Waals surface area contributed by atoms with Crippen LogP contribution in [0.5, 0.6) is 0 Å². The van der Waals surface area contributed by atoms with Gasteiger partial charge in [-0.15, -0.1) is 11.6 Å². The Labute approximate surface area is 131 Å². The first-order valence-electron chi connectivity index (χ1n) is 7.08. The number of hydrogen-bond donors (Lipinski definition) is 0. The molecule has 0 aliphatic heterocycles. The van der Waals surface area contributed by atoms with Crippen LogP contribution in [0.15, 0.2) is 36.4 Å². The summed E-state index contributed by atoms with van der Waals surface area (Å²) in [6.07, 6.45) is 2.01. The van der Waals surface area contributed by atoms with Gasteiger partial charge in [-0.3, -0.25) is 0 Å². The summed E-state index contributed by atoms with van der Waals surface area (Å²) in [5, 5.41) is 0.594. The summed E-state index contributed by atoms with van der Waals surface area (Å²) in [5.74, 6) is 0. The normalized spacial score (nSPS) is 12.4. The summed E-state index contributed by atoms with van der Waals surface area (Å²) < 4.78 is 0. The first-order valence-corrected chi connectivity index (χ1v) is 7.90. The van der Waals surface area contributed by atoms with Gasteiger partial charge in [-0.25, -0.2) is 0 Å². The number of benzene rings is 2. The van der Waals surface area contributed by atoms with Crippen molar-refractivity contribution in [3.8, 4) is 0 Å². The van der Waals surface area contributed by atoms with Crippen molar-refractivity contribution in [3.63, 3.8) is 0 Å². The molecule has 2 aromatic rings. The summed E-state index contributed by atoms with van der Waals surface area (Å²) in [6, 6.07) is 12.5. The van der Waals surface area contributed by atoms with E-state index in [1.807, 2.05) is 18.2 Å². The molecule has 0 saturated carbocycles. The molecule has 1 unspecified atom stereocenters. The van der Waals surface area contributed by atoms with E-state index in [0.717, 1.165) is 23.4 Å². The smallest absolute Gasteiger partial charge is 0.0841 e. The lowest BCUT2D eigenvalue weighted by molar-refractivity contribution is 1.01. The SMILES string of the molecule is CCc1ccc(CC)c(C(Cl)c2cc(Cl)ccc2C)c1. The van der Waals surface area contributed by atoms with Crippen LogP contribution in [0.25, 0.3) is 0 Å². The van der Waals surface area contributed by atoms with E-state index in [1.165, 1.54) is 22.3 Å². The highest BCUT2D eigenvalue weighted by molar-refractivity contribution is 6.31. The molecule has 2 rings (SSSR count). The van der Waals surface area contributed by atoms with Gasteiger partial charge in [0, 0.05) is 5.02 Å². The number of rotatable bonds is 4. The van der Waals surface area contributed by atoms with E-state index >= 15 is 0 Å². The average molecular weight is 307 g/mol. The maximum absolute atomic E-state index is 6.76. The van der Waals surface area contributed by atoms with E-state index < -0.39 is 0 Å². The summed E-state index contributed by atoms with van der Waals surface area (Å²) >= 11 is 12.9. The van der Waals surface area contributed by atoms with Gasteiger partial charge in [-0.1, -0.05) is 49.7 Å². The Morgan fingerprint density at radius 3 is 2.35 bits per heavy atom. The topological polar surface area (TPSA) is 0 Å². The van der Waals surface area contributed by atoms with Crippen molar-refractivity contribution in [2.24, 2.45) is 0 Å². The van der Waals surface area contributed by atoms with Gasteiger partial charge < -0.3 is 0 Å². The van der Waals surface area contributed by atoms with Crippen molar-refractivity contribution >= 4 is 23.2 Å². The predicted molar refractivity (Wildman–Crippen MR) is 89.1 cm³/mol. The summed E-state index contributed by atoms with van der Waals surface area (Å²) in [4.78, 5) is 0. The second kappa shape index (κ2) is 6.65. The molecule has 0 heterocycles. The highest BCUT2D eigenvalue weighted by Crippen LogP contribution is 2.35. The summed E-state index contributed by atoms with van der Waals surface area (Å²) in [7, 11) is 0. The van der Waals surface area contributed by atoms with Crippen molar-refractivity contribution in [2.75, 3.05) is 0 Å². The second-order valence-electron chi connectivity index (χ2n) is 5.10. The lowest BCUT2D eigenvalue weighted by Crippen LogP contribution is -2.02. The van der Waals surface area contributed by atoms with Gasteiger partial charge in [-0.05, 0) is 59.7 Å². The minimum absolute atomic E-state index is 0.143. The highest BCUT2D eigenvalue weighted by Gasteiger charge is 2.17. The molecule has 0 aliphatic rings. The second-order valence-corrected chi connectivity index (χ2v) is 5.98. The predicted octanol–water partition coefficient (Wildman–Crippen LogP) is 6.10. The van der Waals surface area contributed by atoms with Gasteiger partial charge in [0.15, 0.2) is 0 Å². The van der Waals surface area contributed by atoms with Crippen LogP contribution in [0.4, 0.5) is 0 Å². The van der Waals surface area contributed by atoms with E-state index in [1.54, 1.807) is 0 Å². The third-order valence-electron chi connectivity index (χ3n) is 3.79. The third-order valence-corrected chi connectivity index (χ3v) is 4.49. The average Bonchev–Trinajstić information content (AvgIpc) is 2.48. The van der Waals surface area contributed by atoms with Gasteiger partial charge in [0.1, 0.15) is 0 Å². The molecule has 0 spiro atoms. The van der Waals surface area contributed by atoms with Crippen molar-refractivity contribution in [3.05, 3.63) is 69.2 Å². The first-order chi connectivity index (χ1) is 9.56. The van der Waals surface area contributed by atoms with E-state index in [4.69, 9.17) is 23.2 Å².